The maximum atomic E-state index is 11.1. The van der Waals surface area contributed by atoms with E-state index in [9.17, 15) is 8.42 Å². The minimum Gasteiger partial charge on any atom is -0.372 e. The summed E-state index contributed by atoms with van der Waals surface area (Å²) in [6, 6.07) is 1.74. The molecule has 1 aliphatic heterocycles. The van der Waals surface area contributed by atoms with Crippen molar-refractivity contribution >= 4 is 33.5 Å². The molecule has 1 aliphatic rings. The summed E-state index contributed by atoms with van der Waals surface area (Å²) in [5, 5.41) is 3.18. The Bertz CT molecular complexity index is 628. The topological polar surface area (TPSA) is 93.7 Å². The van der Waals surface area contributed by atoms with Crippen molar-refractivity contribution in [2.24, 2.45) is 0 Å². The third-order valence-corrected chi connectivity index (χ3v) is 3.93. The fourth-order valence-corrected chi connectivity index (χ4v) is 2.68. The molecule has 1 fully saturated rings. The molecule has 0 radical (unpaired) electrons. The van der Waals surface area contributed by atoms with Gasteiger partial charge in [0.15, 0.2) is 0 Å². The van der Waals surface area contributed by atoms with E-state index in [4.69, 9.17) is 20.5 Å². The monoisotopic (exact) mass is 350 g/mol. The van der Waals surface area contributed by atoms with Crippen LogP contribution in [0.2, 0.25) is 5.15 Å². The quantitative estimate of drug-likeness (QED) is 0.614. The van der Waals surface area contributed by atoms with Crippen molar-refractivity contribution in [3.8, 4) is 0 Å². The number of aromatic nitrogens is 2. The van der Waals surface area contributed by atoms with Crippen LogP contribution in [0, 0.1) is 0 Å². The van der Waals surface area contributed by atoms with Crippen molar-refractivity contribution in [2.45, 2.75) is 19.1 Å². The summed E-state index contributed by atoms with van der Waals surface area (Å²) in [7, 11) is -1.78. The zero-order valence-corrected chi connectivity index (χ0v) is 14.2. The van der Waals surface area contributed by atoms with E-state index in [0.717, 1.165) is 6.26 Å². The number of anilines is 2. The maximum absolute atomic E-state index is 11.1. The molecular weight excluding hydrogens is 332 g/mol. The molecule has 0 aromatic carbocycles. The Morgan fingerprint density at radius 3 is 2.91 bits per heavy atom. The molecule has 0 saturated carbocycles. The largest absolute Gasteiger partial charge is 0.372 e. The van der Waals surface area contributed by atoms with Crippen molar-refractivity contribution in [2.75, 3.05) is 43.3 Å². The summed E-state index contributed by atoms with van der Waals surface area (Å²) in [6.07, 6.45) is 0.650. The van der Waals surface area contributed by atoms with E-state index in [0.29, 0.717) is 30.1 Å². The zero-order valence-electron chi connectivity index (χ0n) is 12.6. The highest BCUT2D eigenvalue weighted by molar-refractivity contribution is 7.85. The number of hydrogen-bond donors (Lipinski definition) is 1. The van der Waals surface area contributed by atoms with Crippen molar-refractivity contribution in [1.82, 2.24) is 9.97 Å². The van der Waals surface area contributed by atoms with Gasteiger partial charge in [0.1, 0.15) is 11.0 Å². The predicted octanol–water partition coefficient (Wildman–Crippen LogP) is 0.742. The smallest absolute Gasteiger partial charge is 0.264 e. The van der Waals surface area contributed by atoms with Gasteiger partial charge in [0.2, 0.25) is 5.95 Å². The lowest BCUT2D eigenvalue weighted by Gasteiger charge is -2.38. The van der Waals surface area contributed by atoms with Crippen molar-refractivity contribution < 1.29 is 17.3 Å². The van der Waals surface area contributed by atoms with E-state index in [1.807, 2.05) is 11.8 Å². The molecule has 0 aliphatic carbocycles. The second-order valence-corrected chi connectivity index (χ2v) is 7.10. The van der Waals surface area contributed by atoms with E-state index in [1.165, 1.54) is 0 Å². The fraction of sp³-hybridized carbons (Fsp3) is 0.667. The Hall–Kier alpha value is -1.16. The number of morpholine rings is 1. The van der Waals surface area contributed by atoms with Gasteiger partial charge >= 0.3 is 0 Å². The first kappa shape index (κ1) is 17.2. The van der Waals surface area contributed by atoms with E-state index in [-0.39, 0.29) is 18.8 Å². The van der Waals surface area contributed by atoms with Gasteiger partial charge in [-0.05, 0) is 6.92 Å². The molecule has 0 amide bonds. The number of ether oxygens (including phenoxy) is 1. The lowest BCUT2D eigenvalue weighted by Crippen LogP contribution is -2.50. The first-order valence-electron chi connectivity index (χ1n) is 6.73. The molecule has 2 atom stereocenters. The second kappa shape index (κ2) is 6.95. The van der Waals surface area contributed by atoms with Gasteiger partial charge in [-0.2, -0.15) is 13.4 Å². The van der Waals surface area contributed by atoms with E-state index >= 15 is 0 Å². The fourth-order valence-electron chi connectivity index (χ4n) is 2.10. The third-order valence-electron chi connectivity index (χ3n) is 3.17. The minimum atomic E-state index is -3.49. The number of nitrogens with zero attached hydrogens (tertiary/aromatic N) is 3. The van der Waals surface area contributed by atoms with Gasteiger partial charge in [-0.1, -0.05) is 11.6 Å². The van der Waals surface area contributed by atoms with Gasteiger partial charge in [-0.25, -0.2) is 4.98 Å². The Morgan fingerprint density at radius 1 is 1.55 bits per heavy atom. The van der Waals surface area contributed by atoms with Gasteiger partial charge in [0.25, 0.3) is 10.1 Å². The van der Waals surface area contributed by atoms with Crippen LogP contribution < -0.4 is 10.2 Å². The van der Waals surface area contributed by atoms with Crippen LogP contribution in [0.4, 0.5) is 11.8 Å². The predicted molar refractivity (Wildman–Crippen MR) is 83.9 cm³/mol. The van der Waals surface area contributed by atoms with Gasteiger partial charge in [0, 0.05) is 19.7 Å². The second-order valence-electron chi connectivity index (χ2n) is 5.07. The van der Waals surface area contributed by atoms with E-state index in [2.05, 4.69) is 15.3 Å². The van der Waals surface area contributed by atoms with Gasteiger partial charge in [-0.3, -0.25) is 4.18 Å². The highest BCUT2D eigenvalue weighted by Gasteiger charge is 2.28. The lowest BCUT2D eigenvalue weighted by molar-refractivity contribution is -0.00297. The van der Waals surface area contributed by atoms with Crippen molar-refractivity contribution in [3.05, 3.63) is 11.2 Å². The number of nitrogens with one attached hydrogen (secondary N) is 1. The van der Waals surface area contributed by atoms with Crippen LogP contribution in [-0.4, -0.2) is 63.6 Å². The number of halogens is 1. The number of rotatable bonds is 5. The molecular formula is C12H19ClN4O4S. The summed E-state index contributed by atoms with van der Waals surface area (Å²) < 4.78 is 32.6. The molecule has 0 unspecified atom stereocenters. The Kier molecular flexibility index (Phi) is 5.43. The minimum absolute atomic E-state index is 0.0280. The first-order chi connectivity index (χ1) is 10.3. The van der Waals surface area contributed by atoms with E-state index in [1.54, 1.807) is 13.1 Å². The van der Waals surface area contributed by atoms with Gasteiger partial charge < -0.3 is 15.0 Å². The van der Waals surface area contributed by atoms with Crippen LogP contribution in [0.1, 0.15) is 6.92 Å². The Labute approximate surface area is 134 Å². The summed E-state index contributed by atoms with van der Waals surface area (Å²) in [5.41, 5.74) is 0. The maximum Gasteiger partial charge on any atom is 0.264 e. The highest BCUT2D eigenvalue weighted by atomic mass is 35.5. The molecule has 10 heteroatoms. The van der Waals surface area contributed by atoms with Crippen LogP contribution in [0.15, 0.2) is 6.07 Å². The molecule has 1 aromatic heterocycles. The summed E-state index contributed by atoms with van der Waals surface area (Å²) >= 11 is 6.00. The standard InChI is InChI=1S/C12H19ClN4O4S/c1-8-6-20-9(7-21-22(3,18)19)5-17(8)11-4-10(13)15-12(14-2)16-11/h4,8-9H,5-7H2,1-3H3,(H,14,15,16)/t8-,9+/m1/s1. The highest BCUT2D eigenvalue weighted by Crippen LogP contribution is 2.23. The molecule has 1 N–H and O–H groups in total. The van der Waals surface area contributed by atoms with E-state index < -0.39 is 10.1 Å². The molecule has 1 saturated heterocycles. The molecule has 124 valence electrons. The first-order valence-corrected chi connectivity index (χ1v) is 8.93. The Balaban J connectivity index is 2.13. The van der Waals surface area contributed by atoms with Crippen LogP contribution in [0.5, 0.6) is 0 Å². The van der Waals surface area contributed by atoms with Crippen LogP contribution in [0.25, 0.3) is 0 Å². The molecule has 8 nitrogen and oxygen atoms in total. The van der Waals surface area contributed by atoms with Crippen LogP contribution >= 0.6 is 11.6 Å². The van der Waals surface area contributed by atoms with Gasteiger partial charge in [-0.15, -0.1) is 0 Å². The normalized spacial score (nSPS) is 22.6. The zero-order chi connectivity index (χ0) is 16.3. The molecule has 0 spiro atoms. The van der Waals surface area contributed by atoms with Crippen molar-refractivity contribution in [3.63, 3.8) is 0 Å². The average Bonchev–Trinajstić information content (AvgIpc) is 2.44. The summed E-state index contributed by atoms with van der Waals surface area (Å²) in [6.45, 7) is 2.85. The SMILES string of the molecule is CNc1nc(Cl)cc(N2C[C@@H](COS(C)(=O)=O)OC[C@H]2C)n1. The molecule has 0 bridgehead atoms. The molecule has 1 aromatic rings. The lowest BCUT2D eigenvalue weighted by atomic mass is 10.2. The third kappa shape index (κ3) is 4.67. The summed E-state index contributed by atoms with van der Waals surface area (Å²) in [5.74, 6) is 1.08. The van der Waals surface area contributed by atoms with Crippen LogP contribution in [0.3, 0.4) is 0 Å². The molecule has 2 heterocycles. The molecule has 2 rings (SSSR count). The van der Waals surface area contributed by atoms with Crippen LogP contribution in [-0.2, 0) is 19.0 Å². The Morgan fingerprint density at radius 2 is 2.27 bits per heavy atom. The van der Waals surface area contributed by atoms with Crippen molar-refractivity contribution in [1.29, 1.82) is 0 Å². The summed E-state index contributed by atoms with van der Waals surface area (Å²) in [4.78, 5) is 10.4. The number of hydrogen-bond acceptors (Lipinski definition) is 8. The average molecular weight is 351 g/mol. The van der Waals surface area contributed by atoms with Gasteiger partial charge in [0.05, 0.1) is 31.6 Å². The molecule has 22 heavy (non-hydrogen) atoms.